The maximum Gasteiger partial charge on any atom is 0.329 e. The second kappa shape index (κ2) is 7.09. The Hall–Kier alpha value is -2.94. The van der Waals surface area contributed by atoms with Crippen molar-refractivity contribution in [2.45, 2.75) is 38.4 Å². The molecule has 8 nitrogen and oxygen atoms in total. The van der Waals surface area contributed by atoms with Gasteiger partial charge in [0, 0.05) is 25.0 Å². The van der Waals surface area contributed by atoms with E-state index in [9.17, 15) is 13.2 Å². The highest BCUT2D eigenvalue weighted by atomic mass is 32.2. The molecule has 4 aromatic rings. The number of pyridine rings is 1. The highest BCUT2D eigenvalue weighted by Crippen LogP contribution is 2.36. The Kier molecular flexibility index (Phi) is 4.50. The predicted octanol–water partition coefficient (Wildman–Crippen LogP) is 2.37. The summed E-state index contributed by atoms with van der Waals surface area (Å²) in [5.41, 5.74) is 3.43. The molecule has 0 radical (unpaired) electrons. The first-order valence-electron chi connectivity index (χ1n) is 10.1. The van der Waals surface area contributed by atoms with E-state index in [-0.39, 0.29) is 17.5 Å². The fourth-order valence-corrected chi connectivity index (χ4v) is 4.74. The molecule has 30 heavy (non-hydrogen) atoms. The molecular weight excluding hydrogens is 402 g/mol. The van der Waals surface area contributed by atoms with E-state index in [4.69, 9.17) is 4.98 Å². The van der Waals surface area contributed by atoms with Crippen molar-refractivity contribution in [2.75, 3.05) is 12.0 Å². The summed E-state index contributed by atoms with van der Waals surface area (Å²) in [5, 5.41) is 0. The van der Waals surface area contributed by atoms with Gasteiger partial charge < -0.3 is 4.57 Å². The molecule has 0 atom stereocenters. The summed E-state index contributed by atoms with van der Waals surface area (Å²) in [6.07, 6.45) is 7.22. The smallest absolute Gasteiger partial charge is 0.326 e. The quantitative estimate of drug-likeness (QED) is 0.453. The summed E-state index contributed by atoms with van der Waals surface area (Å²) in [6.45, 7) is 0.839. The third-order valence-electron chi connectivity index (χ3n) is 5.61. The summed E-state index contributed by atoms with van der Waals surface area (Å²) < 4.78 is 28.8. The average Bonchev–Trinajstić information content (AvgIpc) is 3.42. The van der Waals surface area contributed by atoms with Crippen LogP contribution in [0.4, 0.5) is 0 Å². The van der Waals surface area contributed by atoms with Crippen LogP contribution in [0, 0.1) is 0 Å². The maximum atomic E-state index is 13.2. The first-order chi connectivity index (χ1) is 14.4. The Morgan fingerprint density at radius 2 is 1.87 bits per heavy atom. The van der Waals surface area contributed by atoms with Crippen molar-refractivity contribution in [3.63, 3.8) is 0 Å². The van der Waals surface area contributed by atoms with Crippen molar-refractivity contribution in [2.24, 2.45) is 0 Å². The van der Waals surface area contributed by atoms with Crippen LogP contribution in [0.2, 0.25) is 0 Å². The van der Waals surface area contributed by atoms with E-state index in [2.05, 4.69) is 4.98 Å². The Bertz CT molecular complexity index is 1410. The van der Waals surface area contributed by atoms with Gasteiger partial charge in [-0.05, 0) is 37.5 Å². The van der Waals surface area contributed by atoms with Gasteiger partial charge in [-0.2, -0.15) is 0 Å². The molecular formula is C21H23N5O3S. The molecule has 3 aromatic heterocycles. The largest absolute Gasteiger partial charge is 0.329 e. The molecule has 1 aliphatic carbocycles. The number of nitrogens with zero attached hydrogens (tertiary/aromatic N) is 5. The molecule has 1 aromatic carbocycles. The molecule has 0 spiro atoms. The van der Waals surface area contributed by atoms with Crippen molar-refractivity contribution in [1.82, 2.24) is 23.7 Å². The van der Waals surface area contributed by atoms with Gasteiger partial charge in [0.05, 0.1) is 40.6 Å². The van der Waals surface area contributed by atoms with Crippen LogP contribution in [-0.2, 0) is 22.9 Å². The highest BCUT2D eigenvalue weighted by molar-refractivity contribution is 7.90. The zero-order chi connectivity index (χ0) is 20.9. The van der Waals surface area contributed by atoms with Gasteiger partial charge in [0.2, 0.25) is 0 Å². The molecule has 0 bridgehead atoms. The standard InChI is InChI=1S/C21H23N5O3S/c1-30(28,29)12-4-11-24-17-6-3-2-5-16(17)23-20(24)14-25-19-13-22-10-9-18(19)26(21(25)27)15-7-8-15/h2-3,5-6,9-10,13,15H,4,7-8,11-12,14H2,1H3. The molecule has 0 saturated heterocycles. The van der Waals surface area contributed by atoms with Crippen molar-refractivity contribution >= 4 is 31.9 Å². The van der Waals surface area contributed by atoms with Crippen LogP contribution >= 0.6 is 0 Å². The SMILES string of the molecule is CS(=O)(=O)CCCn1c(Cn2c(=O)n(C3CC3)c3ccncc32)nc2ccccc21. The van der Waals surface area contributed by atoms with Crippen molar-refractivity contribution < 1.29 is 8.42 Å². The zero-order valence-electron chi connectivity index (χ0n) is 16.7. The van der Waals surface area contributed by atoms with Crippen molar-refractivity contribution in [3.05, 3.63) is 59.0 Å². The van der Waals surface area contributed by atoms with Gasteiger partial charge in [-0.25, -0.2) is 18.2 Å². The van der Waals surface area contributed by atoms with Gasteiger partial charge in [-0.1, -0.05) is 12.1 Å². The topological polar surface area (TPSA) is 91.8 Å². The Morgan fingerprint density at radius 3 is 2.63 bits per heavy atom. The van der Waals surface area contributed by atoms with E-state index in [1.165, 1.54) is 6.26 Å². The van der Waals surface area contributed by atoms with Crippen LogP contribution in [0.15, 0.2) is 47.5 Å². The van der Waals surface area contributed by atoms with Crippen molar-refractivity contribution in [3.8, 4) is 0 Å². The van der Waals surface area contributed by atoms with Crippen molar-refractivity contribution in [1.29, 1.82) is 0 Å². The molecule has 0 amide bonds. The van der Waals surface area contributed by atoms with Crippen LogP contribution in [-0.4, -0.2) is 44.1 Å². The molecule has 0 N–H and O–H groups in total. The average molecular weight is 426 g/mol. The summed E-state index contributed by atoms with van der Waals surface area (Å²) in [5.74, 6) is 0.856. The molecule has 9 heteroatoms. The summed E-state index contributed by atoms with van der Waals surface area (Å²) in [7, 11) is -3.04. The summed E-state index contributed by atoms with van der Waals surface area (Å²) >= 11 is 0. The third-order valence-corrected chi connectivity index (χ3v) is 6.64. The molecule has 0 unspecified atom stereocenters. The van der Waals surface area contributed by atoms with Gasteiger partial charge >= 0.3 is 5.69 Å². The van der Waals surface area contributed by atoms with E-state index < -0.39 is 9.84 Å². The molecule has 3 heterocycles. The molecule has 1 saturated carbocycles. The second-order valence-electron chi connectivity index (χ2n) is 7.99. The zero-order valence-corrected chi connectivity index (χ0v) is 17.5. The second-order valence-corrected chi connectivity index (χ2v) is 10.2. The lowest BCUT2D eigenvalue weighted by molar-refractivity contribution is 0.583. The number of aryl methyl sites for hydroxylation is 1. The number of fused-ring (bicyclic) bond motifs is 2. The van der Waals surface area contributed by atoms with Gasteiger partial charge in [-0.3, -0.25) is 14.1 Å². The Labute approximate surface area is 173 Å². The minimum absolute atomic E-state index is 0.0461. The number of benzene rings is 1. The van der Waals surface area contributed by atoms with Crippen LogP contribution in [0.25, 0.3) is 22.1 Å². The monoisotopic (exact) mass is 425 g/mol. The highest BCUT2D eigenvalue weighted by Gasteiger charge is 2.29. The van der Waals surface area contributed by atoms with E-state index >= 15 is 0 Å². The number of para-hydroxylation sites is 2. The Morgan fingerprint density at radius 1 is 1.07 bits per heavy atom. The van der Waals surface area contributed by atoms with Crippen LogP contribution in [0.5, 0.6) is 0 Å². The van der Waals surface area contributed by atoms with Gasteiger partial charge in [0.15, 0.2) is 0 Å². The molecule has 156 valence electrons. The Balaban J connectivity index is 1.58. The van der Waals surface area contributed by atoms with E-state index in [0.29, 0.717) is 19.5 Å². The maximum absolute atomic E-state index is 13.2. The van der Waals surface area contributed by atoms with Gasteiger partial charge in [0.1, 0.15) is 15.7 Å². The lowest BCUT2D eigenvalue weighted by Gasteiger charge is -2.10. The van der Waals surface area contributed by atoms with Crippen LogP contribution in [0.1, 0.15) is 31.1 Å². The summed E-state index contributed by atoms with van der Waals surface area (Å²) in [4.78, 5) is 22.2. The van der Waals surface area contributed by atoms with Gasteiger partial charge in [0.25, 0.3) is 0 Å². The molecule has 1 aliphatic rings. The number of sulfone groups is 1. The fraction of sp³-hybridized carbons (Fsp3) is 0.381. The number of aromatic nitrogens is 5. The normalized spacial score (nSPS) is 14.7. The first-order valence-corrected chi connectivity index (χ1v) is 12.1. The number of hydrogen-bond acceptors (Lipinski definition) is 5. The van der Waals surface area contributed by atoms with E-state index in [1.54, 1.807) is 17.0 Å². The van der Waals surface area contributed by atoms with Crippen LogP contribution < -0.4 is 5.69 Å². The first kappa shape index (κ1) is 19.0. The number of rotatable bonds is 7. The minimum atomic E-state index is -3.04. The fourth-order valence-electron chi connectivity index (χ4n) is 4.09. The summed E-state index contributed by atoms with van der Waals surface area (Å²) in [6, 6.07) is 9.93. The number of hydrogen-bond donors (Lipinski definition) is 0. The predicted molar refractivity (Wildman–Crippen MR) is 115 cm³/mol. The minimum Gasteiger partial charge on any atom is -0.326 e. The van der Waals surface area contributed by atoms with Gasteiger partial charge in [-0.15, -0.1) is 0 Å². The molecule has 0 aliphatic heterocycles. The molecule has 1 fully saturated rings. The number of imidazole rings is 2. The van der Waals surface area contributed by atoms with E-state index in [0.717, 1.165) is 40.7 Å². The lowest BCUT2D eigenvalue weighted by Crippen LogP contribution is -2.25. The molecule has 5 rings (SSSR count). The third kappa shape index (κ3) is 3.43. The van der Waals surface area contributed by atoms with E-state index in [1.807, 2.05) is 39.5 Å². The lowest BCUT2D eigenvalue weighted by atomic mass is 10.3. The van der Waals surface area contributed by atoms with Crippen LogP contribution in [0.3, 0.4) is 0 Å².